The van der Waals surface area contributed by atoms with Crippen LogP contribution in [0.1, 0.15) is 13.3 Å². The van der Waals surface area contributed by atoms with Crippen LogP contribution >= 0.6 is 23.2 Å². The Morgan fingerprint density at radius 2 is 2.11 bits per heavy atom. The quantitative estimate of drug-likeness (QED) is 0.613. The monoisotopic (exact) mass is 294 g/mol. The summed E-state index contributed by atoms with van der Waals surface area (Å²) in [5, 5.41) is 2.48. The van der Waals surface area contributed by atoms with E-state index in [0.717, 1.165) is 4.90 Å². The Morgan fingerprint density at radius 1 is 1.50 bits per heavy atom. The van der Waals surface area contributed by atoms with Gasteiger partial charge in [0.25, 0.3) is 5.91 Å². The molecule has 0 radical (unpaired) electrons. The molecule has 0 aromatic heterocycles. The van der Waals surface area contributed by atoms with E-state index in [4.69, 9.17) is 27.9 Å². The molecule has 0 bridgehead atoms. The molecule has 1 saturated carbocycles. The van der Waals surface area contributed by atoms with Gasteiger partial charge in [0.05, 0.1) is 0 Å². The zero-order chi connectivity index (χ0) is 13.6. The fourth-order valence-electron chi connectivity index (χ4n) is 1.70. The topological polar surface area (TPSA) is 75.7 Å². The molecule has 8 heteroatoms. The Bertz CT molecular complexity index is 426. The highest BCUT2D eigenvalue weighted by molar-refractivity contribution is 6.53. The SMILES string of the molecule is C[C@]1(C(=O)OCC(=O)N2CCNC2=O)CC1(Cl)Cl. The zero-order valence-electron chi connectivity index (χ0n) is 9.66. The first kappa shape index (κ1) is 13.4. The third-order valence-corrected chi connectivity index (χ3v) is 4.29. The van der Waals surface area contributed by atoms with Crippen LogP contribution in [-0.2, 0) is 14.3 Å². The molecule has 18 heavy (non-hydrogen) atoms. The number of nitrogens with one attached hydrogen (secondary N) is 1. The summed E-state index contributed by atoms with van der Waals surface area (Å²) in [6, 6.07) is -0.474. The first-order valence-corrected chi connectivity index (χ1v) is 6.17. The number of carbonyl (C=O) groups excluding carboxylic acids is 3. The Kier molecular flexibility index (Phi) is 3.19. The fraction of sp³-hybridized carbons (Fsp3) is 0.700. The van der Waals surface area contributed by atoms with E-state index in [1.807, 2.05) is 0 Å². The number of nitrogens with zero attached hydrogens (tertiary/aromatic N) is 1. The Morgan fingerprint density at radius 3 is 2.56 bits per heavy atom. The minimum Gasteiger partial charge on any atom is -0.455 e. The van der Waals surface area contributed by atoms with Crippen LogP contribution < -0.4 is 5.32 Å². The van der Waals surface area contributed by atoms with E-state index in [-0.39, 0.29) is 6.54 Å². The van der Waals surface area contributed by atoms with Crippen LogP contribution in [0.5, 0.6) is 0 Å². The van der Waals surface area contributed by atoms with Crippen molar-refractivity contribution >= 4 is 41.1 Å². The van der Waals surface area contributed by atoms with Crippen molar-refractivity contribution in [1.29, 1.82) is 0 Å². The number of carbonyl (C=O) groups is 3. The summed E-state index contributed by atoms with van der Waals surface area (Å²) in [6.45, 7) is 1.78. The maximum absolute atomic E-state index is 11.7. The Labute approximate surface area is 114 Å². The molecule has 0 aromatic rings. The molecule has 1 atom stereocenters. The van der Waals surface area contributed by atoms with Gasteiger partial charge in [0.2, 0.25) is 0 Å². The molecule has 2 fully saturated rings. The van der Waals surface area contributed by atoms with Gasteiger partial charge in [-0.15, -0.1) is 23.2 Å². The van der Waals surface area contributed by atoms with E-state index in [0.29, 0.717) is 13.0 Å². The predicted octanol–water partition coefficient (Wildman–Crippen LogP) is 0.665. The molecular weight excluding hydrogens is 283 g/mol. The van der Waals surface area contributed by atoms with Crippen LogP contribution in [0.15, 0.2) is 0 Å². The van der Waals surface area contributed by atoms with E-state index >= 15 is 0 Å². The van der Waals surface area contributed by atoms with Crippen molar-refractivity contribution < 1.29 is 19.1 Å². The molecule has 6 nitrogen and oxygen atoms in total. The summed E-state index contributed by atoms with van der Waals surface area (Å²) in [5.74, 6) is -1.18. The average Bonchev–Trinajstić information content (AvgIpc) is 2.61. The lowest BCUT2D eigenvalue weighted by molar-refractivity contribution is -0.155. The Hall–Kier alpha value is -1.01. The largest absolute Gasteiger partial charge is 0.455 e. The average molecular weight is 295 g/mol. The summed E-state index contributed by atoms with van der Waals surface area (Å²) < 4.78 is 3.72. The third kappa shape index (κ3) is 2.14. The van der Waals surface area contributed by atoms with Gasteiger partial charge in [0, 0.05) is 19.5 Å². The second-order valence-electron chi connectivity index (χ2n) is 4.57. The minimum atomic E-state index is -1.13. The predicted molar refractivity (Wildman–Crippen MR) is 63.2 cm³/mol. The lowest BCUT2D eigenvalue weighted by Crippen LogP contribution is -2.38. The minimum absolute atomic E-state index is 0.279. The summed E-state index contributed by atoms with van der Waals surface area (Å²) in [4.78, 5) is 35.5. The van der Waals surface area contributed by atoms with E-state index in [1.54, 1.807) is 6.92 Å². The van der Waals surface area contributed by atoms with Crippen LogP contribution in [0.4, 0.5) is 4.79 Å². The number of amides is 3. The first-order valence-electron chi connectivity index (χ1n) is 5.41. The highest BCUT2D eigenvalue weighted by Gasteiger charge is 2.69. The van der Waals surface area contributed by atoms with E-state index in [9.17, 15) is 14.4 Å². The van der Waals surface area contributed by atoms with Crippen molar-refractivity contribution in [3.05, 3.63) is 0 Å². The lowest BCUT2D eigenvalue weighted by atomic mass is 10.1. The van der Waals surface area contributed by atoms with Crippen LogP contribution in [0.3, 0.4) is 0 Å². The Balaban J connectivity index is 1.84. The standard InChI is InChI=1S/C10H12Cl2N2O4/c1-9(5-10(9,11)12)7(16)18-4-6(15)14-3-2-13-8(14)17/h2-5H2,1H3,(H,13,17)/t9-/m1/s1. The fourth-order valence-corrected chi connectivity index (χ4v) is 2.38. The smallest absolute Gasteiger partial charge is 0.324 e. The molecule has 1 aliphatic carbocycles. The molecule has 2 aliphatic rings. The van der Waals surface area contributed by atoms with Crippen molar-refractivity contribution in [2.75, 3.05) is 19.7 Å². The van der Waals surface area contributed by atoms with Gasteiger partial charge in [-0.25, -0.2) is 4.79 Å². The summed E-state index contributed by atoms with van der Waals surface area (Å²) >= 11 is 11.6. The summed E-state index contributed by atoms with van der Waals surface area (Å²) in [6.07, 6.45) is 0.292. The lowest BCUT2D eigenvalue weighted by Gasteiger charge is -2.14. The van der Waals surface area contributed by atoms with Crippen LogP contribution in [0.25, 0.3) is 0 Å². The van der Waals surface area contributed by atoms with Crippen LogP contribution in [0, 0.1) is 5.41 Å². The number of urea groups is 1. The van der Waals surface area contributed by atoms with Crippen molar-refractivity contribution in [2.24, 2.45) is 5.41 Å². The van der Waals surface area contributed by atoms with E-state index in [1.165, 1.54) is 0 Å². The zero-order valence-corrected chi connectivity index (χ0v) is 11.2. The molecule has 1 aliphatic heterocycles. The van der Waals surface area contributed by atoms with E-state index in [2.05, 4.69) is 5.32 Å². The third-order valence-electron chi connectivity index (χ3n) is 3.19. The molecule has 0 aromatic carbocycles. The maximum atomic E-state index is 11.7. The second kappa shape index (κ2) is 4.28. The van der Waals surface area contributed by atoms with Gasteiger partial charge in [0.1, 0.15) is 9.75 Å². The first-order chi connectivity index (χ1) is 8.28. The van der Waals surface area contributed by atoms with Gasteiger partial charge < -0.3 is 10.1 Å². The van der Waals surface area contributed by atoms with Gasteiger partial charge in [-0.05, 0) is 6.92 Å². The normalized spacial score (nSPS) is 28.8. The molecule has 0 spiro atoms. The number of esters is 1. The van der Waals surface area contributed by atoms with Crippen molar-refractivity contribution in [1.82, 2.24) is 10.2 Å². The molecular formula is C10H12Cl2N2O4. The highest BCUT2D eigenvalue weighted by Crippen LogP contribution is 2.64. The molecule has 1 N–H and O–H groups in total. The number of ether oxygens (including phenoxy) is 1. The highest BCUT2D eigenvalue weighted by atomic mass is 35.5. The van der Waals surface area contributed by atoms with Gasteiger partial charge in [-0.3, -0.25) is 14.5 Å². The molecule has 2 rings (SSSR count). The number of hydrogen-bond acceptors (Lipinski definition) is 4. The van der Waals surface area contributed by atoms with Crippen LogP contribution in [0.2, 0.25) is 0 Å². The number of rotatable bonds is 3. The van der Waals surface area contributed by atoms with E-state index < -0.39 is 34.3 Å². The van der Waals surface area contributed by atoms with Gasteiger partial charge in [0.15, 0.2) is 6.61 Å². The van der Waals surface area contributed by atoms with Gasteiger partial charge in [-0.1, -0.05) is 0 Å². The van der Waals surface area contributed by atoms with Crippen molar-refractivity contribution in [3.63, 3.8) is 0 Å². The van der Waals surface area contributed by atoms with Gasteiger partial charge in [-0.2, -0.15) is 0 Å². The molecule has 3 amide bonds. The number of alkyl halides is 2. The maximum Gasteiger partial charge on any atom is 0.324 e. The van der Waals surface area contributed by atoms with Gasteiger partial charge >= 0.3 is 12.0 Å². The van der Waals surface area contributed by atoms with Crippen molar-refractivity contribution in [2.45, 2.75) is 17.7 Å². The molecule has 1 heterocycles. The molecule has 100 valence electrons. The second-order valence-corrected chi connectivity index (χ2v) is 6.05. The molecule has 0 unspecified atom stereocenters. The van der Waals surface area contributed by atoms with Crippen LogP contribution in [-0.4, -0.2) is 46.8 Å². The van der Waals surface area contributed by atoms with Crippen molar-refractivity contribution in [3.8, 4) is 0 Å². The summed E-state index contributed by atoms with van der Waals surface area (Å²) in [5.41, 5.74) is -0.969. The number of halogens is 2. The number of hydrogen-bond donors (Lipinski definition) is 1. The summed E-state index contributed by atoms with van der Waals surface area (Å²) in [7, 11) is 0. The molecule has 1 saturated heterocycles. The number of imide groups is 1.